The number of hydrogen-bond donors (Lipinski definition) is 3. The van der Waals surface area contributed by atoms with Crippen molar-refractivity contribution < 1.29 is 4.39 Å². The van der Waals surface area contributed by atoms with Gasteiger partial charge in [-0.3, -0.25) is 15.1 Å². The number of imidazole rings is 1. The number of rotatable bonds is 6. The maximum Gasteiger partial charge on any atom is 0.161 e. The molecular formula is C27H21FN8. The van der Waals surface area contributed by atoms with Crippen LogP contribution < -0.4 is 5.32 Å². The zero-order valence-electron chi connectivity index (χ0n) is 19.4. The van der Waals surface area contributed by atoms with Crippen LogP contribution in [0.5, 0.6) is 0 Å². The Morgan fingerprint density at radius 2 is 1.75 bits per heavy atom. The van der Waals surface area contributed by atoms with E-state index < -0.39 is 0 Å². The van der Waals surface area contributed by atoms with Crippen LogP contribution in [0.3, 0.4) is 0 Å². The van der Waals surface area contributed by atoms with Crippen LogP contribution in [0.2, 0.25) is 0 Å². The Morgan fingerprint density at radius 1 is 0.917 bits per heavy atom. The van der Waals surface area contributed by atoms with E-state index in [2.05, 4.69) is 37.0 Å². The van der Waals surface area contributed by atoms with Crippen molar-refractivity contribution in [2.45, 2.75) is 13.3 Å². The van der Waals surface area contributed by atoms with Crippen LogP contribution in [-0.2, 0) is 0 Å². The van der Waals surface area contributed by atoms with Crippen LogP contribution in [0.4, 0.5) is 10.1 Å². The van der Waals surface area contributed by atoms with Crippen LogP contribution in [0.25, 0.3) is 56.0 Å². The van der Waals surface area contributed by atoms with Crippen molar-refractivity contribution in [1.29, 1.82) is 0 Å². The molecule has 8 nitrogen and oxygen atoms in total. The number of halogens is 1. The molecule has 36 heavy (non-hydrogen) atoms. The lowest BCUT2D eigenvalue weighted by atomic mass is 10.1. The molecule has 5 heterocycles. The fraction of sp³-hybridized carbons (Fsp3) is 0.0741. The monoisotopic (exact) mass is 476 g/mol. The number of hydrogen-bond acceptors (Lipinski definition) is 6. The number of aromatic nitrogens is 7. The molecule has 3 N–H and O–H groups in total. The molecule has 1 aromatic carbocycles. The molecule has 0 saturated carbocycles. The van der Waals surface area contributed by atoms with Crippen molar-refractivity contribution >= 4 is 27.8 Å². The van der Waals surface area contributed by atoms with E-state index in [4.69, 9.17) is 9.97 Å². The zero-order chi connectivity index (χ0) is 24.6. The molecule has 0 saturated heterocycles. The summed E-state index contributed by atoms with van der Waals surface area (Å²) in [6.45, 7) is 6.04. The smallest absolute Gasteiger partial charge is 0.161 e. The average molecular weight is 477 g/mol. The van der Waals surface area contributed by atoms with Gasteiger partial charge in [0.2, 0.25) is 0 Å². The lowest BCUT2D eigenvalue weighted by Gasteiger charge is -2.08. The molecule has 0 aliphatic heterocycles. The highest BCUT2D eigenvalue weighted by atomic mass is 19.1. The third-order valence-electron chi connectivity index (χ3n) is 5.96. The SMILES string of the molecule is C=C(CC)Nc1cncc(-c2ccc3[nH]nc(-c4nc5c(-c6ccc(F)cc6)cncc5[nH]4)c3n2)c1. The minimum atomic E-state index is -0.293. The lowest BCUT2D eigenvalue weighted by molar-refractivity contribution is 0.628. The van der Waals surface area contributed by atoms with Crippen molar-refractivity contribution in [2.75, 3.05) is 5.32 Å². The van der Waals surface area contributed by atoms with E-state index in [9.17, 15) is 4.39 Å². The van der Waals surface area contributed by atoms with Gasteiger partial charge in [-0.1, -0.05) is 25.6 Å². The number of nitrogens with one attached hydrogen (secondary N) is 3. The quantitative estimate of drug-likeness (QED) is 0.268. The molecule has 0 aliphatic carbocycles. The summed E-state index contributed by atoms with van der Waals surface area (Å²) < 4.78 is 13.4. The summed E-state index contributed by atoms with van der Waals surface area (Å²) in [5, 5.41) is 10.8. The topological polar surface area (TPSA) is 108 Å². The van der Waals surface area contributed by atoms with Gasteiger partial charge in [0, 0.05) is 29.2 Å². The number of aromatic amines is 2. The minimum Gasteiger partial charge on any atom is -0.358 e. The first-order valence-electron chi connectivity index (χ1n) is 11.4. The Morgan fingerprint density at radius 3 is 2.58 bits per heavy atom. The van der Waals surface area contributed by atoms with Crippen molar-refractivity contribution in [2.24, 2.45) is 0 Å². The summed E-state index contributed by atoms with van der Waals surface area (Å²) in [5.74, 6) is 0.267. The molecule has 0 bridgehead atoms. The highest BCUT2D eigenvalue weighted by molar-refractivity contribution is 5.95. The standard InChI is InChI=1S/C27H21FN8/c1-3-15(2)31-19-10-17(11-29-12-19)21-8-9-22-25(32-21)26(36-35-22)27-33-23-14-30-13-20(24(23)34-27)16-4-6-18(28)7-5-16/h4-14,31H,2-3H2,1H3,(H,33,34)(H,35,36). The fourth-order valence-corrected chi connectivity index (χ4v) is 4.05. The number of H-pyrrole nitrogens is 2. The second-order valence-electron chi connectivity index (χ2n) is 8.38. The molecule has 176 valence electrons. The Hall–Kier alpha value is -4.92. The lowest BCUT2D eigenvalue weighted by Crippen LogP contribution is -1.97. The third-order valence-corrected chi connectivity index (χ3v) is 5.96. The average Bonchev–Trinajstić information content (AvgIpc) is 3.53. The van der Waals surface area contributed by atoms with Gasteiger partial charge in [-0.25, -0.2) is 14.4 Å². The van der Waals surface area contributed by atoms with E-state index >= 15 is 0 Å². The van der Waals surface area contributed by atoms with E-state index in [1.54, 1.807) is 36.9 Å². The normalized spacial score (nSPS) is 11.3. The van der Waals surface area contributed by atoms with Crippen molar-refractivity contribution in [3.8, 4) is 33.9 Å². The van der Waals surface area contributed by atoms with Gasteiger partial charge in [0.1, 0.15) is 11.3 Å². The number of nitrogens with zero attached hydrogens (tertiary/aromatic N) is 5. The van der Waals surface area contributed by atoms with E-state index in [-0.39, 0.29) is 5.82 Å². The molecule has 0 atom stereocenters. The summed E-state index contributed by atoms with van der Waals surface area (Å²) in [6, 6.07) is 12.1. The third kappa shape index (κ3) is 3.86. The first-order chi connectivity index (χ1) is 17.6. The maximum absolute atomic E-state index is 13.4. The molecule has 0 aliphatic rings. The van der Waals surface area contributed by atoms with Crippen molar-refractivity contribution in [3.05, 3.63) is 85.3 Å². The molecule has 9 heteroatoms. The van der Waals surface area contributed by atoms with Crippen LogP contribution in [-0.4, -0.2) is 35.1 Å². The summed E-state index contributed by atoms with van der Waals surface area (Å²) in [5.41, 5.74) is 8.54. The van der Waals surface area contributed by atoms with Gasteiger partial charge in [0.25, 0.3) is 0 Å². The molecule has 0 fully saturated rings. The fourth-order valence-electron chi connectivity index (χ4n) is 4.05. The van der Waals surface area contributed by atoms with Crippen LogP contribution >= 0.6 is 0 Å². The number of benzene rings is 1. The summed E-state index contributed by atoms with van der Waals surface area (Å²) in [4.78, 5) is 21.7. The molecule has 0 spiro atoms. The molecule has 5 aromatic heterocycles. The highest BCUT2D eigenvalue weighted by Gasteiger charge is 2.17. The number of pyridine rings is 3. The highest BCUT2D eigenvalue weighted by Crippen LogP contribution is 2.31. The molecular weight excluding hydrogens is 455 g/mol. The minimum absolute atomic E-state index is 0.293. The van der Waals surface area contributed by atoms with Crippen molar-refractivity contribution in [1.82, 2.24) is 35.1 Å². The molecule has 0 radical (unpaired) electrons. The first kappa shape index (κ1) is 21.6. The zero-order valence-corrected chi connectivity index (χ0v) is 19.4. The molecule has 6 rings (SSSR count). The van der Waals surface area contributed by atoms with Gasteiger partial charge in [0.05, 0.1) is 40.3 Å². The number of anilines is 1. The number of allylic oxidation sites excluding steroid dienone is 1. The van der Waals surface area contributed by atoms with E-state index in [0.717, 1.165) is 56.7 Å². The van der Waals surface area contributed by atoms with E-state index in [1.165, 1.54) is 12.1 Å². The predicted molar refractivity (Wildman–Crippen MR) is 138 cm³/mol. The Balaban J connectivity index is 1.42. The largest absolute Gasteiger partial charge is 0.358 e. The molecule has 6 aromatic rings. The summed E-state index contributed by atoms with van der Waals surface area (Å²) in [7, 11) is 0. The van der Waals surface area contributed by atoms with Gasteiger partial charge in [0.15, 0.2) is 11.5 Å². The van der Waals surface area contributed by atoms with Gasteiger partial charge in [-0.15, -0.1) is 0 Å². The summed E-state index contributed by atoms with van der Waals surface area (Å²) >= 11 is 0. The van der Waals surface area contributed by atoms with E-state index in [0.29, 0.717) is 17.0 Å². The summed E-state index contributed by atoms with van der Waals surface area (Å²) in [6.07, 6.45) is 7.78. The Kier molecular flexibility index (Phi) is 5.22. The second-order valence-corrected chi connectivity index (χ2v) is 8.38. The van der Waals surface area contributed by atoms with Gasteiger partial charge in [-0.05, 0) is 42.3 Å². The van der Waals surface area contributed by atoms with Gasteiger partial charge in [-0.2, -0.15) is 5.10 Å². The second kappa shape index (κ2) is 8.70. The number of fused-ring (bicyclic) bond motifs is 2. The van der Waals surface area contributed by atoms with Crippen LogP contribution in [0, 0.1) is 5.82 Å². The van der Waals surface area contributed by atoms with Crippen LogP contribution in [0.15, 0.2) is 79.5 Å². The first-order valence-corrected chi connectivity index (χ1v) is 11.4. The van der Waals surface area contributed by atoms with Crippen molar-refractivity contribution in [3.63, 3.8) is 0 Å². The van der Waals surface area contributed by atoms with Gasteiger partial charge >= 0.3 is 0 Å². The predicted octanol–water partition coefficient (Wildman–Crippen LogP) is 6.10. The maximum atomic E-state index is 13.4. The molecule has 0 unspecified atom stereocenters. The van der Waals surface area contributed by atoms with Crippen LogP contribution in [0.1, 0.15) is 13.3 Å². The van der Waals surface area contributed by atoms with Gasteiger partial charge < -0.3 is 10.3 Å². The Bertz CT molecular complexity index is 1730. The Labute approximate surface area is 205 Å². The molecule has 0 amide bonds. The van der Waals surface area contributed by atoms with E-state index in [1.807, 2.05) is 25.1 Å².